The third-order valence-corrected chi connectivity index (χ3v) is 5.27. The summed E-state index contributed by atoms with van der Waals surface area (Å²) in [6, 6.07) is 15.0. The van der Waals surface area contributed by atoms with Crippen LogP contribution in [0.4, 0.5) is 5.69 Å². The Hall–Kier alpha value is -3.15. The maximum absolute atomic E-state index is 6.30. The number of aromatic nitrogens is 1. The molecule has 1 radical (unpaired) electrons. The van der Waals surface area contributed by atoms with Crippen LogP contribution in [0, 0.1) is 6.07 Å². The lowest BCUT2D eigenvalue weighted by molar-refractivity contribution is 0.158. The number of nitrogens with zero attached hydrogens (tertiary/aromatic N) is 2. The average Bonchev–Trinajstić information content (AvgIpc) is 2.79. The minimum atomic E-state index is 0.0920. The Labute approximate surface area is 171 Å². The molecule has 4 rings (SSSR count). The summed E-state index contributed by atoms with van der Waals surface area (Å²) in [7, 11) is 4.86. The van der Waals surface area contributed by atoms with Gasteiger partial charge in [-0.1, -0.05) is 6.07 Å². The Morgan fingerprint density at radius 1 is 0.966 bits per heavy atom. The zero-order valence-corrected chi connectivity index (χ0v) is 17.0. The number of hydrogen-bond acceptors (Lipinski definition) is 6. The topological polar surface area (TPSA) is 53.0 Å². The van der Waals surface area contributed by atoms with Crippen molar-refractivity contribution in [1.29, 1.82) is 0 Å². The molecule has 2 aromatic carbocycles. The van der Waals surface area contributed by atoms with Crippen LogP contribution in [0.2, 0.25) is 0 Å². The Bertz CT molecular complexity index is 959. The van der Waals surface area contributed by atoms with E-state index in [2.05, 4.69) is 34.1 Å². The van der Waals surface area contributed by atoms with Crippen molar-refractivity contribution in [2.45, 2.75) is 18.9 Å². The largest absolute Gasteiger partial charge is 0.496 e. The standard InChI is InChI=1S/C23H25N2O4/c1-26-19-14-21(27-2)23(22(15-19)28-3)29-18-8-11-25(12-9-18)17-7-6-16-5-4-10-24-20(16)13-17/h4,6-7,10,13-15,18H,8-9,11-12H2,1-3H3. The molecule has 1 aromatic heterocycles. The summed E-state index contributed by atoms with van der Waals surface area (Å²) in [5, 5.41) is 1.04. The second-order valence-corrected chi connectivity index (χ2v) is 6.96. The average molecular weight is 393 g/mol. The predicted molar refractivity (Wildman–Crippen MR) is 113 cm³/mol. The molecule has 0 bridgehead atoms. The van der Waals surface area contributed by atoms with E-state index in [-0.39, 0.29) is 6.10 Å². The number of pyridine rings is 1. The van der Waals surface area contributed by atoms with Gasteiger partial charge in [0.2, 0.25) is 5.75 Å². The van der Waals surface area contributed by atoms with Crippen LogP contribution >= 0.6 is 0 Å². The number of hydrogen-bond donors (Lipinski definition) is 0. The Morgan fingerprint density at radius 3 is 2.34 bits per heavy atom. The second kappa shape index (κ2) is 8.47. The van der Waals surface area contributed by atoms with Crippen LogP contribution < -0.4 is 23.8 Å². The highest BCUT2D eigenvalue weighted by atomic mass is 16.5. The predicted octanol–water partition coefficient (Wildman–Crippen LogP) is 4.11. The van der Waals surface area contributed by atoms with Crippen LogP contribution in [0.15, 0.2) is 42.6 Å². The van der Waals surface area contributed by atoms with Crippen LogP contribution in [-0.2, 0) is 0 Å². The van der Waals surface area contributed by atoms with Crippen molar-refractivity contribution in [3.8, 4) is 23.0 Å². The number of methoxy groups -OCH3 is 3. The van der Waals surface area contributed by atoms with E-state index < -0.39 is 0 Å². The molecule has 0 aliphatic carbocycles. The maximum Gasteiger partial charge on any atom is 0.204 e. The van der Waals surface area contributed by atoms with E-state index in [1.165, 1.54) is 5.69 Å². The van der Waals surface area contributed by atoms with Gasteiger partial charge >= 0.3 is 0 Å². The van der Waals surface area contributed by atoms with Crippen molar-refractivity contribution >= 4 is 16.6 Å². The zero-order chi connectivity index (χ0) is 20.2. The van der Waals surface area contributed by atoms with Gasteiger partial charge in [0.25, 0.3) is 0 Å². The van der Waals surface area contributed by atoms with Crippen LogP contribution in [0.5, 0.6) is 23.0 Å². The van der Waals surface area contributed by atoms with Crippen LogP contribution in [0.1, 0.15) is 12.8 Å². The molecule has 0 amide bonds. The normalized spacial score (nSPS) is 14.7. The number of piperidine rings is 1. The first-order chi connectivity index (χ1) is 14.2. The van der Waals surface area contributed by atoms with E-state index in [1.54, 1.807) is 27.5 Å². The lowest BCUT2D eigenvalue weighted by Crippen LogP contribution is -2.38. The lowest BCUT2D eigenvalue weighted by atomic mass is 10.1. The highest BCUT2D eigenvalue weighted by Crippen LogP contribution is 2.42. The first kappa shape index (κ1) is 19.2. The number of rotatable bonds is 6. The van der Waals surface area contributed by atoms with Gasteiger partial charge < -0.3 is 23.8 Å². The molecule has 3 aromatic rings. The van der Waals surface area contributed by atoms with Gasteiger partial charge in [0.05, 0.1) is 26.8 Å². The molecular weight excluding hydrogens is 368 g/mol. The van der Waals surface area contributed by atoms with E-state index in [9.17, 15) is 0 Å². The van der Waals surface area contributed by atoms with Crippen LogP contribution in [0.25, 0.3) is 10.9 Å². The Balaban J connectivity index is 1.46. The van der Waals surface area contributed by atoms with Crippen LogP contribution in [0.3, 0.4) is 0 Å². The summed E-state index contributed by atoms with van der Waals surface area (Å²) in [5.41, 5.74) is 2.15. The first-order valence-electron chi connectivity index (χ1n) is 9.70. The highest BCUT2D eigenvalue weighted by molar-refractivity contribution is 5.81. The smallest absolute Gasteiger partial charge is 0.204 e. The maximum atomic E-state index is 6.30. The first-order valence-corrected chi connectivity index (χ1v) is 9.70. The van der Waals surface area contributed by atoms with Gasteiger partial charge in [-0.15, -0.1) is 0 Å². The molecule has 2 heterocycles. The molecule has 1 saturated heterocycles. The Morgan fingerprint density at radius 2 is 1.69 bits per heavy atom. The monoisotopic (exact) mass is 393 g/mol. The van der Waals surface area contributed by atoms with Crippen LogP contribution in [-0.4, -0.2) is 45.5 Å². The molecule has 6 heteroatoms. The fourth-order valence-electron chi connectivity index (χ4n) is 3.68. The summed E-state index contributed by atoms with van der Waals surface area (Å²) in [4.78, 5) is 6.81. The molecule has 0 saturated carbocycles. The molecule has 0 spiro atoms. The minimum Gasteiger partial charge on any atom is -0.496 e. The van der Waals surface area contributed by atoms with Gasteiger partial charge in [0.15, 0.2) is 11.5 Å². The minimum absolute atomic E-state index is 0.0920. The van der Waals surface area contributed by atoms with Gasteiger partial charge in [-0.05, 0) is 24.3 Å². The fraction of sp³-hybridized carbons (Fsp3) is 0.348. The van der Waals surface area contributed by atoms with Gasteiger partial charge in [0, 0.05) is 55.3 Å². The third kappa shape index (κ3) is 4.01. The lowest BCUT2D eigenvalue weighted by Gasteiger charge is -2.34. The van der Waals surface area contributed by atoms with Gasteiger partial charge in [-0.25, -0.2) is 0 Å². The molecule has 1 aliphatic heterocycles. The molecule has 1 fully saturated rings. The zero-order valence-electron chi connectivity index (χ0n) is 17.0. The molecule has 0 N–H and O–H groups in total. The molecule has 0 unspecified atom stereocenters. The third-order valence-electron chi connectivity index (χ3n) is 5.27. The Kier molecular flexibility index (Phi) is 5.60. The summed E-state index contributed by atoms with van der Waals surface area (Å²) in [5.74, 6) is 2.52. The van der Waals surface area contributed by atoms with Crippen molar-refractivity contribution in [3.63, 3.8) is 0 Å². The summed E-state index contributed by atoms with van der Waals surface area (Å²) < 4.78 is 22.6. The fourth-order valence-corrected chi connectivity index (χ4v) is 3.68. The quantitative estimate of drug-likeness (QED) is 0.628. The molecular formula is C23H25N2O4. The second-order valence-electron chi connectivity index (χ2n) is 6.96. The highest BCUT2D eigenvalue weighted by Gasteiger charge is 2.24. The van der Waals surface area contributed by atoms with Gasteiger partial charge in [0.1, 0.15) is 11.9 Å². The molecule has 29 heavy (non-hydrogen) atoms. The van der Waals surface area contributed by atoms with Gasteiger partial charge in [-0.3, -0.25) is 4.98 Å². The number of fused-ring (bicyclic) bond motifs is 1. The molecule has 151 valence electrons. The molecule has 1 aliphatic rings. The number of benzene rings is 2. The number of anilines is 1. The summed E-state index contributed by atoms with van der Waals surface area (Å²) >= 11 is 0. The van der Waals surface area contributed by atoms with E-state index in [0.29, 0.717) is 23.0 Å². The van der Waals surface area contributed by atoms with Crippen molar-refractivity contribution in [3.05, 3.63) is 48.7 Å². The van der Waals surface area contributed by atoms with Crippen molar-refractivity contribution in [2.24, 2.45) is 0 Å². The van der Waals surface area contributed by atoms with Crippen molar-refractivity contribution in [1.82, 2.24) is 4.98 Å². The summed E-state index contributed by atoms with van der Waals surface area (Å²) in [6.45, 7) is 1.82. The van der Waals surface area contributed by atoms with E-state index in [1.807, 2.05) is 18.2 Å². The SMILES string of the molecule is COc1cc(OC)c(OC2CCN(c3ccc4[c]ccnc4c3)CC2)c(OC)c1. The van der Waals surface area contributed by atoms with E-state index >= 15 is 0 Å². The number of ether oxygens (including phenoxy) is 4. The van der Waals surface area contributed by atoms with Gasteiger partial charge in [-0.2, -0.15) is 0 Å². The van der Waals surface area contributed by atoms with Crippen molar-refractivity contribution in [2.75, 3.05) is 39.3 Å². The molecule has 0 atom stereocenters. The van der Waals surface area contributed by atoms with Crippen molar-refractivity contribution < 1.29 is 18.9 Å². The summed E-state index contributed by atoms with van der Waals surface area (Å²) in [6.07, 6.45) is 3.69. The van der Waals surface area contributed by atoms with E-state index in [4.69, 9.17) is 18.9 Å². The molecule has 6 nitrogen and oxygen atoms in total. The van der Waals surface area contributed by atoms with E-state index in [0.717, 1.165) is 36.8 Å².